The number of rotatable bonds is 2. The van der Waals surface area contributed by atoms with Gasteiger partial charge in [-0.3, -0.25) is 0 Å². The van der Waals surface area contributed by atoms with Crippen molar-refractivity contribution in [2.45, 2.75) is 0 Å². The van der Waals surface area contributed by atoms with Crippen LogP contribution in [0.25, 0.3) is 79.0 Å². The Balaban J connectivity index is 1.32. The summed E-state index contributed by atoms with van der Waals surface area (Å²) in [5, 5.41) is 8.44. The van der Waals surface area contributed by atoms with Gasteiger partial charge >= 0.3 is 0 Å². The second kappa shape index (κ2) is 8.42. The molecule has 9 rings (SSSR count). The van der Waals surface area contributed by atoms with Crippen LogP contribution < -0.4 is 0 Å². The highest BCUT2D eigenvalue weighted by Crippen LogP contribution is 2.42. The molecule has 0 aliphatic carbocycles. The average Bonchev–Trinajstić information content (AvgIpc) is 3.65. The molecule has 188 valence electrons. The highest BCUT2D eigenvalue weighted by atomic mass is 35.5. The fraction of sp³-hybridized carbons (Fsp3) is 0. The smallest absolute Gasteiger partial charge is 0.0640 e. The second-order valence-corrected chi connectivity index (χ2v) is 12.9. The van der Waals surface area contributed by atoms with Crippen molar-refractivity contribution in [3.63, 3.8) is 0 Å². The van der Waals surface area contributed by atoms with Gasteiger partial charge in [0.1, 0.15) is 0 Å². The number of hydrogen-bond donors (Lipinski definition) is 0. The molecule has 0 fully saturated rings. The molecule has 0 spiro atoms. The van der Waals surface area contributed by atoms with E-state index in [-0.39, 0.29) is 0 Å². The van der Waals surface area contributed by atoms with Gasteiger partial charge in [0.15, 0.2) is 0 Å². The van der Waals surface area contributed by atoms with E-state index in [9.17, 15) is 0 Å². The van der Waals surface area contributed by atoms with Crippen LogP contribution in [0.4, 0.5) is 0 Å². The number of aromatic nitrogens is 1. The number of halogens is 1. The van der Waals surface area contributed by atoms with E-state index in [0.29, 0.717) is 0 Å². The van der Waals surface area contributed by atoms with Gasteiger partial charge in [-0.2, -0.15) is 0 Å². The summed E-state index contributed by atoms with van der Waals surface area (Å²) < 4.78 is 7.66. The monoisotopic (exact) mass is 565 g/mol. The standard InChI is InChI=1S/C36H20ClNS2/c37-23-14-15-24-28-18-21(22-13-17-35-29(19-22)26-7-2-3-10-33(26)39-35)12-16-30(28)38(32(24)20-23)31-9-5-8-27-25-6-1-4-11-34(25)40-36(27)31/h1-20H. The Morgan fingerprint density at radius 1 is 0.450 bits per heavy atom. The normalized spacial score (nSPS) is 12.1. The molecule has 9 aromatic rings. The van der Waals surface area contributed by atoms with Gasteiger partial charge in [-0.05, 0) is 65.7 Å². The minimum atomic E-state index is 0.745. The van der Waals surface area contributed by atoms with Crippen LogP contribution >= 0.6 is 34.3 Å². The van der Waals surface area contributed by atoms with E-state index in [1.807, 2.05) is 28.7 Å². The molecule has 0 radical (unpaired) electrons. The summed E-state index contributed by atoms with van der Waals surface area (Å²) in [5.74, 6) is 0. The van der Waals surface area contributed by atoms with Crippen LogP contribution in [0.1, 0.15) is 0 Å². The van der Waals surface area contributed by atoms with Crippen molar-refractivity contribution in [1.29, 1.82) is 0 Å². The lowest BCUT2D eigenvalue weighted by Crippen LogP contribution is -1.94. The quantitative estimate of drug-likeness (QED) is 0.196. The van der Waals surface area contributed by atoms with Crippen LogP contribution in [0.3, 0.4) is 0 Å². The van der Waals surface area contributed by atoms with Crippen molar-refractivity contribution in [3.05, 3.63) is 126 Å². The first-order valence-corrected chi connectivity index (χ1v) is 15.3. The topological polar surface area (TPSA) is 4.93 Å². The van der Waals surface area contributed by atoms with Crippen molar-refractivity contribution in [1.82, 2.24) is 4.57 Å². The summed E-state index contributed by atoms with van der Waals surface area (Å²) in [6, 6.07) is 44.1. The summed E-state index contributed by atoms with van der Waals surface area (Å²) in [6.07, 6.45) is 0. The van der Waals surface area contributed by atoms with E-state index < -0.39 is 0 Å². The van der Waals surface area contributed by atoms with Crippen LogP contribution in [-0.2, 0) is 0 Å². The Bertz CT molecular complexity index is 2460. The van der Waals surface area contributed by atoms with Gasteiger partial charge in [0.2, 0.25) is 0 Å². The lowest BCUT2D eigenvalue weighted by molar-refractivity contribution is 1.20. The van der Waals surface area contributed by atoms with Gasteiger partial charge in [0.25, 0.3) is 0 Å². The van der Waals surface area contributed by atoms with Gasteiger partial charge in [0.05, 0.1) is 21.4 Å². The first-order chi connectivity index (χ1) is 19.7. The summed E-state index contributed by atoms with van der Waals surface area (Å²) in [7, 11) is 0. The van der Waals surface area contributed by atoms with Gasteiger partial charge in [0, 0.05) is 51.4 Å². The van der Waals surface area contributed by atoms with Crippen LogP contribution in [0.5, 0.6) is 0 Å². The van der Waals surface area contributed by atoms with Gasteiger partial charge < -0.3 is 4.57 Å². The molecule has 0 unspecified atom stereocenters. The largest absolute Gasteiger partial charge is 0.308 e. The van der Waals surface area contributed by atoms with Gasteiger partial charge in [-0.25, -0.2) is 0 Å². The Morgan fingerprint density at radius 2 is 1.12 bits per heavy atom. The van der Waals surface area contributed by atoms with E-state index in [2.05, 4.69) is 120 Å². The number of benzene rings is 6. The molecule has 0 saturated heterocycles. The predicted molar refractivity (Wildman–Crippen MR) is 177 cm³/mol. The Kier molecular flexibility index (Phi) is 4.77. The molecule has 3 aromatic heterocycles. The van der Waals surface area contributed by atoms with Crippen molar-refractivity contribution < 1.29 is 0 Å². The minimum absolute atomic E-state index is 0.745. The maximum atomic E-state index is 6.60. The molecule has 1 nitrogen and oxygen atoms in total. The molecular weight excluding hydrogens is 546 g/mol. The zero-order chi connectivity index (χ0) is 26.4. The summed E-state index contributed by atoms with van der Waals surface area (Å²) >= 11 is 10.3. The second-order valence-electron chi connectivity index (χ2n) is 10.3. The lowest BCUT2D eigenvalue weighted by Gasteiger charge is -2.10. The molecular formula is C36H20ClNS2. The van der Waals surface area contributed by atoms with Gasteiger partial charge in [-0.15, -0.1) is 22.7 Å². The zero-order valence-electron chi connectivity index (χ0n) is 21.2. The average molecular weight is 566 g/mol. The summed E-state index contributed by atoms with van der Waals surface area (Å²) in [6.45, 7) is 0. The van der Waals surface area contributed by atoms with Crippen molar-refractivity contribution in [2.24, 2.45) is 0 Å². The van der Waals surface area contributed by atoms with E-state index in [0.717, 1.165) is 10.5 Å². The predicted octanol–water partition coefficient (Wildman–Crippen LogP) is 11.8. The Hall–Kier alpha value is -4.15. The van der Waals surface area contributed by atoms with E-state index in [1.165, 1.54) is 73.4 Å². The maximum absolute atomic E-state index is 6.60. The van der Waals surface area contributed by atoms with Crippen molar-refractivity contribution in [2.75, 3.05) is 0 Å². The summed E-state index contributed by atoms with van der Waals surface area (Å²) in [5.41, 5.74) is 5.97. The van der Waals surface area contributed by atoms with Crippen molar-refractivity contribution in [3.8, 4) is 16.8 Å². The molecule has 0 N–H and O–H groups in total. The lowest BCUT2D eigenvalue weighted by atomic mass is 10.0. The third kappa shape index (κ3) is 3.20. The number of nitrogens with zero attached hydrogens (tertiary/aromatic N) is 1. The molecule has 0 atom stereocenters. The van der Waals surface area contributed by atoms with E-state index >= 15 is 0 Å². The molecule has 0 aliphatic heterocycles. The Morgan fingerprint density at radius 3 is 1.98 bits per heavy atom. The molecule has 3 heterocycles. The van der Waals surface area contributed by atoms with Crippen molar-refractivity contribution >= 4 is 96.4 Å². The maximum Gasteiger partial charge on any atom is 0.0640 e. The third-order valence-electron chi connectivity index (χ3n) is 8.06. The minimum Gasteiger partial charge on any atom is -0.308 e. The molecule has 0 aliphatic rings. The van der Waals surface area contributed by atoms with Crippen LogP contribution in [0.2, 0.25) is 5.02 Å². The summed E-state index contributed by atoms with van der Waals surface area (Å²) in [4.78, 5) is 0. The molecule has 4 heteroatoms. The van der Waals surface area contributed by atoms with Crippen LogP contribution in [0, 0.1) is 0 Å². The molecule has 0 saturated carbocycles. The first-order valence-electron chi connectivity index (χ1n) is 13.3. The Labute approximate surface area is 243 Å². The fourth-order valence-electron chi connectivity index (χ4n) is 6.25. The van der Waals surface area contributed by atoms with Crippen LogP contribution in [-0.4, -0.2) is 4.57 Å². The molecule has 40 heavy (non-hydrogen) atoms. The highest BCUT2D eigenvalue weighted by molar-refractivity contribution is 7.26. The number of fused-ring (bicyclic) bond motifs is 9. The van der Waals surface area contributed by atoms with Gasteiger partial charge in [-0.1, -0.05) is 78.3 Å². The molecule has 6 aromatic carbocycles. The van der Waals surface area contributed by atoms with Crippen LogP contribution in [0.15, 0.2) is 121 Å². The highest BCUT2D eigenvalue weighted by Gasteiger charge is 2.17. The fourth-order valence-corrected chi connectivity index (χ4v) is 8.71. The number of hydrogen-bond acceptors (Lipinski definition) is 2. The number of thiophene rings is 2. The SMILES string of the molecule is Clc1ccc2c3cc(-c4ccc5sc6ccccc6c5c4)ccc3n(-c3cccc4c3sc3ccccc34)c2c1. The zero-order valence-corrected chi connectivity index (χ0v) is 23.6. The molecule has 0 bridgehead atoms. The van der Waals surface area contributed by atoms with E-state index in [1.54, 1.807) is 0 Å². The first kappa shape index (κ1) is 22.6. The van der Waals surface area contributed by atoms with E-state index in [4.69, 9.17) is 11.6 Å². The third-order valence-corrected chi connectivity index (χ3v) is 10.7. The molecule has 0 amide bonds.